The Morgan fingerprint density at radius 3 is 2.67 bits per heavy atom. The lowest BCUT2D eigenvalue weighted by Crippen LogP contribution is -2.35. The molecule has 1 saturated heterocycles. The van der Waals surface area contributed by atoms with Crippen LogP contribution in [0.3, 0.4) is 0 Å². The molecule has 2 aromatic carbocycles. The Morgan fingerprint density at radius 2 is 1.87 bits per heavy atom. The zero-order valence-electron chi connectivity index (χ0n) is 17.2. The molecular weight excluding hydrogens is 378 g/mol. The number of nitrogens with one attached hydrogen (secondary N) is 2. The first-order chi connectivity index (χ1) is 14.7. The second-order valence-electron chi connectivity index (χ2n) is 7.98. The molecule has 2 N–H and O–H groups in total. The van der Waals surface area contributed by atoms with Crippen molar-refractivity contribution < 1.29 is 14.3 Å². The van der Waals surface area contributed by atoms with Crippen molar-refractivity contribution in [2.75, 3.05) is 29.9 Å². The molecule has 6 heteroatoms. The van der Waals surface area contributed by atoms with E-state index >= 15 is 0 Å². The molecule has 0 spiro atoms. The lowest BCUT2D eigenvalue weighted by molar-refractivity contribution is -0.120. The zero-order chi connectivity index (χ0) is 20.8. The molecule has 0 aliphatic carbocycles. The van der Waals surface area contributed by atoms with Gasteiger partial charge >= 0.3 is 6.03 Å². The molecule has 1 fully saturated rings. The number of amides is 3. The van der Waals surface area contributed by atoms with Gasteiger partial charge in [0.05, 0.1) is 12.5 Å². The summed E-state index contributed by atoms with van der Waals surface area (Å²) in [5.74, 6) is -0.0107. The molecule has 2 aliphatic rings. The number of ether oxygens (including phenoxy) is 1. The Bertz CT molecular complexity index is 876. The van der Waals surface area contributed by atoms with Crippen LogP contribution in [-0.4, -0.2) is 37.7 Å². The summed E-state index contributed by atoms with van der Waals surface area (Å²) in [5, 5.41) is 5.93. The lowest BCUT2D eigenvalue weighted by atomic mass is 10.1. The third-order valence-electron chi connectivity index (χ3n) is 5.73. The highest BCUT2D eigenvalue weighted by molar-refractivity contribution is 6.02. The van der Waals surface area contributed by atoms with Crippen molar-refractivity contribution in [1.29, 1.82) is 0 Å². The van der Waals surface area contributed by atoms with E-state index in [9.17, 15) is 9.59 Å². The number of benzene rings is 2. The summed E-state index contributed by atoms with van der Waals surface area (Å²) in [5.41, 5.74) is 3.85. The highest BCUT2D eigenvalue weighted by Gasteiger charge is 2.21. The fourth-order valence-electron chi connectivity index (χ4n) is 4.08. The van der Waals surface area contributed by atoms with Crippen LogP contribution in [0.1, 0.15) is 36.8 Å². The van der Waals surface area contributed by atoms with Gasteiger partial charge in [0, 0.05) is 31.1 Å². The molecule has 0 bridgehead atoms. The van der Waals surface area contributed by atoms with Crippen molar-refractivity contribution in [3.63, 3.8) is 0 Å². The molecule has 1 atom stereocenters. The molecule has 4 rings (SSSR count). The van der Waals surface area contributed by atoms with Gasteiger partial charge in [-0.2, -0.15) is 0 Å². The number of nitrogens with zero attached hydrogens (tertiary/aromatic N) is 1. The molecule has 2 aliphatic heterocycles. The molecular formula is C24H29N3O3. The minimum Gasteiger partial charge on any atom is -0.376 e. The van der Waals surface area contributed by atoms with Crippen molar-refractivity contribution in [3.8, 4) is 0 Å². The van der Waals surface area contributed by atoms with Crippen LogP contribution in [0.5, 0.6) is 0 Å². The highest BCUT2D eigenvalue weighted by atomic mass is 16.5. The van der Waals surface area contributed by atoms with Gasteiger partial charge in [0.1, 0.15) is 0 Å². The maximum Gasteiger partial charge on any atom is 0.326 e. The minimum absolute atomic E-state index is 0.0107. The van der Waals surface area contributed by atoms with E-state index in [1.54, 1.807) is 0 Å². The van der Waals surface area contributed by atoms with Gasteiger partial charge in [-0.1, -0.05) is 30.3 Å². The van der Waals surface area contributed by atoms with Crippen molar-refractivity contribution in [2.45, 2.75) is 44.6 Å². The predicted molar refractivity (Wildman–Crippen MR) is 118 cm³/mol. The van der Waals surface area contributed by atoms with Crippen LogP contribution in [0.15, 0.2) is 48.5 Å². The van der Waals surface area contributed by atoms with Crippen molar-refractivity contribution >= 4 is 23.3 Å². The van der Waals surface area contributed by atoms with E-state index in [0.29, 0.717) is 19.5 Å². The van der Waals surface area contributed by atoms with Crippen LogP contribution in [-0.2, 0) is 22.4 Å². The van der Waals surface area contributed by atoms with Gasteiger partial charge < -0.3 is 15.4 Å². The normalized spacial score (nSPS) is 18.4. The summed E-state index contributed by atoms with van der Waals surface area (Å²) < 4.78 is 5.53. The monoisotopic (exact) mass is 407 g/mol. The van der Waals surface area contributed by atoms with Crippen LogP contribution in [0.2, 0.25) is 0 Å². The maximum absolute atomic E-state index is 12.9. The second kappa shape index (κ2) is 9.76. The van der Waals surface area contributed by atoms with E-state index in [-0.39, 0.29) is 18.0 Å². The largest absolute Gasteiger partial charge is 0.376 e. The highest BCUT2D eigenvalue weighted by Crippen LogP contribution is 2.26. The fraction of sp³-hybridized carbons (Fsp3) is 0.417. The molecule has 0 aromatic heterocycles. The summed E-state index contributed by atoms with van der Waals surface area (Å²) in [4.78, 5) is 26.9. The van der Waals surface area contributed by atoms with Crippen LogP contribution in [0, 0.1) is 0 Å². The molecule has 0 radical (unpaired) electrons. The fourth-order valence-corrected chi connectivity index (χ4v) is 4.08. The summed E-state index contributed by atoms with van der Waals surface area (Å²) in [6.45, 7) is 2.08. The predicted octanol–water partition coefficient (Wildman–Crippen LogP) is 3.90. The number of rotatable bonds is 5. The molecule has 158 valence electrons. The van der Waals surface area contributed by atoms with E-state index in [1.165, 1.54) is 5.56 Å². The van der Waals surface area contributed by atoms with E-state index in [2.05, 4.69) is 16.7 Å². The van der Waals surface area contributed by atoms with E-state index in [4.69, 9.17) is 4.74 Å². The van der Waals surface area contributed by atoms with E-state index in [1.807, 2.05) is 47.4 Å². The first-order valence-corrected chi connectivity index (χ1v) is 10.8. The molecule has 3 amide bonds. The summed E-state index contributed by atoms with van der Waals surface area (Å²) in [7, 11) is 0. The first kappa shape index (κ1) is 20.4. The minimum atomic E-state index is -0.119. The van der Waals surface area contributed by atoms with E-state index in [0.717, 1.165) is 55.6 Å². The number of carbonyl (C=O) groups excluding carboxylic acids is 2. The Hall–Kier alpha value is -2.86. The molecule has 0 saturated carbocycles. The number of para-hydroxylation sites is 1. The maximum atomic E-state index is 12.9. The Kier molecular flexibility index (Phi) is 6.64. The van der Waals surface area contributed by atoms with Gasteiger partial charge in [-0.05, 0) is 61.4 Å². The van der Waals surface area contributed by atoms with Gasteiger partial charge in [0.2, 0.25) is 5.91 Å². The lowest BCUT2D eigenvalue weighted by Gasteiger charge is -2.23. The second-order valence-corrected chi connectivity index (χ2v) is 7.98. The van der Waals surface area contributed by atoms with Gasteiger partial charge in [-0.3, -0.25) is 9.69 Å². The number of aryl methyl sites for hydroxylation is 1. The van der Waals surface area contributed by atoms with Gasteiger partial charge in [0.15, 0.2) is 0 Å². The number of hydrogen-bond donors (Lipinski definition) is 2. The topological polar surface area (TPSA) is 70.7 Å². The molecule has 2 aromatic rings. The Balaban J connectivity index is 1.32. The van der Waals surface area contributed by atoms with Crippen LogP contribution < -0.4 is 15.5 Å². The number of fused-ring (bicyclic) bond motifs is 1. The molecule has 2 heterocycles. The average Bonchev–Trinajstić information content (AvgIpc) is 3.19. The van der Waals surface area contributed by atoms with E-state index < -0.39 is 0 Å². The van der Waals surface area contributed by atoms with Crippen LogP contribution in [0.4, 0.5) is 16.2 Å². The molecule has 6 nitrogen and oxygen atoms in total. The van der Waals surface area contributed by atoms with Crippen molar-refractivity contribution in [1.82, 2.24) is 5.32 Å². The Morgan fingerprint density at radius 1 is 1.03 bits per heavy atom. The third kappa shape index (κ3) is 5.19. The first-order valence-electron chi connectivity index (χ1n) is 10.8. The van der Waals surface area contributed by atoms with Crippen LogP contribution in [0.25, 0.3) is 0 Å². The quantitative estimate of drug-likeness (QED) is 0.790. The molecule has 0 unspecified atom stereocenters. The number of anilines is 2. The standard InChI is InChI=1S/C24H29N3O3/c28-23(25-17-21-8-5-15-30-21)16-18-10-12-20(13-11-18)26-24(29)27-14-4-3-7-19-6-1-2-9-22(19)27/h1-2,6,9-13,21H,3-5,7-8,14-17H2,(H,25,28)(H,26,29)/t21-/m1/s1. The van der Waals surface area contributed by atoms with Crippen LogP contribution >= 0.6 is 0 Å². The zero-order valence-corrected chi connectivity index (χ0v) is 17.2. The van der Waals surface area contributed by atoms with Crippen molar-refractivity contribution in [3.05, 3.63) is 59.7 Å². The molecule has 30 heavy (non-hydrogen) atoms. The summed E-state index contributed by atoms with van der Waals surface area (Å²) >= 11 is 0. The smallest absolute Gasteiger partial charge is 0.326 e. The van der Waals surface area contributed by atoms with Gasteiger partial charge in [-0.15, -0.1) is 0 Å². The SMILES string of the molecule is O=C(Cc1ccc(NC(=O)N2CCCCc3ccccc32)cc1)NC[C@H]1CCCO1. The average molecular weight is 408 g/mol. The number of hydrogen-bond acceptors (Lipinski definition) is 3. The number of carbonyl (C=O) groups is 2. The van der Waals surface area contributed by atoms with Crippen molar-refractivity contribution in [2.24, 2.45) is 0 Å². The number of urea groups is 1. The third-order valence-corrected chi connectivity index (χ3v) is 5.73. The van der Waals surface area contributed by atoms with Gasteiger partial charge in [-0.25, -0.2) is 4.79 Å². The Labute approximate surface area is 177 Å². The summed E-state index contributed by atoms with van der Waals surface area (Å²) in [6.07, 6.45) is 5.62. The summed E-state index contributed by atoms with van der Waals surface area (Å²) in [6, 6.07) is 15.5. The van der Waals surface area contributed by atoms with Gasteiger partial charge in [0.25, 0.3) is 0 Å².